The average molecular weight is 410 g/mol. The van der Waals surface area contributed by atoms with Crippen molar-refractivity contribution in [1.82, 2.24) is 4.40 Å². The SMILES string of the molecule is Cc1cc(C)c(-c2cc3c4ccccc4n4c5cc6ccccc6cc5c(c2)c34)c(C)c1. The van der Waals surface area contributed by atoms with Crippen LogP contribution in [0.4, 0.5) is 0 Å². The molecule has 0 radical (unpaired) electrons. The molecule has 0 N–H and O–H groups in total. The first-order valence-electron chi connectivity index (χ1n) is 11.3. The molecule has 0 saturated heterocycles. The Kier molecular flexibility index (Phi) is 3.40. The monoisotopic (exact) mass is 409 g/mol. The van der Waals surface area contributed by atoms with Crippen molar-refractivity contribution in [2.24, 2.45) is 0 Å². The van der Waals surface area contributed by atoms with Crippen molar-refractivity contribution in [2.45, 2.75) is 20.8 Å². The van der Waals surface area contributed by atoms with Gasteiger partial charge in [0.15, 0.2) is 0 Å². The summed E-state index contributed by atoms with van der Waals surface area (Å²) in [5.74, 6) is 0. The quantitative estimate of drug-likeness (QED) is 0.256. The summed E-state index contributed by atoms with van der Waals surface area (Å²) >= 11 is 0. The number of nitrogens with zero attached hydrogens (tertiary/aromatic N) is 1. The van der Waals surface area contributed by atoms with E-state index in [9.17, 15) is 0 Å². The number of aryl methyl sites for hydroxylation is 3. The van der Waals surface area contributed by atoms with Crippen LogP contribution in [-0.4, -0.2) is 4.40 Å². The van der Waals surface area contributed by atoms with Crippen molar-refractivity contribution in [3.63, 3.8) is 0 Å². The van der Waals surface area contributed by atoms with E-state index in [0.29, 0.717) is 0 Å². The molecule has 7 rings (SSSR count). The number of para-hydroxylation sites is 1. The number of hydrogen-bond acceptors (Lipinski definition) is 0. The third-order valence-corrected chi connectivity index (χ3v) is 7.13. The van der Waals surface area contributed by atoms with Gasteiger partial charge in [-0.15, -0.1) is 0 Å². The predicted molar refractivity (Wildman–Crippen MR) is 138 cm³/mol. The molecule has 0 unspecified atom stereocenters. The molecule has 0 saturated carbocycles. The minimum atomic E-state index is 1.28. The van der Waals surface area contributed by atoms with Crippen LogP contribution < -0.4 is 0 Å². The second-order valence-corrected chi connectivity index (χ2v) is 9.26. The number of benzene rings is 5. The highest BCUT2D eigenvalue weighted by Crippen LogP contribution is 2.43. The summed E-state index contributed by atoms with van der Waals surface area (Å²) in [5, 5.41) is 7.92. The molecule has 152 valence electrons. The van der Waals surface area contributed by atoms with Crippen LogP contribution in [0.2, 0.25) is 0 Å². The molecule has 0 spiro atoms. The lowest BCUT2D eigenvalue weighted by Crippen LogP contribution is -1.90. The van der Waals surface area contributed by atoms with Crippen LogP contribution in [0.25, 0.3) is 60.0 Å². The molecule has 0 atom stereocenters. The predicted octanol–water partition coefficient (Wildman–Crippen LogP) is 8.58. The zero-order chi connectivity index (χ0) is 21.6. The van der Waals surface area contributed by atoms with Crippen LogP contribution in [0.3, 0.4) is 0 Å². The van der Waals surface area contributed by atoms with Crippen LogP contribution in [-0.2, 0) is 0 Å². The van der Waals surface area contributed by atoms with Gasteiger partial charge in [-0.25, -0.2) is 0 Å². The van der Waals surface area contributed by atoms with E-state index in [2.05, 4.69) is 110 Å². The summed E-state index contributed by atoms with van der Waals surface area (Å²) in [4.78, 5) is 0. The summed E-state index contributed by atoms with van der Waals surface area (Å²) in [7, 11) is 0. The molecular formula is C31H23N. The third kappa shape index (κ3) is 2.23. The Balaban J connectivity index is 1.74. The number of fused-ring (bicyclic) bond motifs is 7. The van der Waals surface area contributed by atoms with Crippen molar-refractivity contribution in [3.8, 4) is 11.1 Å². The topological polar surface area (TPSA) is 4.41 Å². The summed E-state index contributed by atoms with van der Waals surface area (Å²) < 4.78 is 2.47. The fraction of sp³-hybridized carbons (Fsp3) is 0.0968. The van der Waals surface area contributed by atoms with Crippen molar-refractivity contribution >= 4 is 48.9 Å². The smallest absolute Gasteiger partial charge is 0.0620 e. The van der Waals surface area contributed by atoms with E-state index in [1.54, 1.807) is 0 Å². The van der Waals surface area contributed by atoms with Gasteiger partial charge in [0.1, 0.15) is 0 Å². The van der Waals surface area contributed by atoms with Gasteiger partial charge in [0.25, 0.3) is 0 Å². The van der Waals surface area contributed by atoms with Crippen LogP contribution in [0, 0.1) is 20.8 Å². The number of rotatable bonds is 1. The van der Waals surface area contributed by atoms with Gasteiger partial charge in [0.05, 0.1) is 16.6 Å². The second kappa shape index (κ2) is 6.11. The molecule has 1 nitrogen and oxygen atoms in total. The van der Waals surface area contributed by atoms with Gasteiger partial charge in [-0.05, 0) is 84.1 Å². The molecule has 0 fully saturated rings. The first-order valence-corrected chi connectivity index (χ1v) is 11.3. The Morgan fingerprint density at radius 1 is 0.531 bits per heavy atom. The molecule has 0 aliphatic rings. The normalized spacial score (nSPS) is 12.2. The van der Waals surface area contributed by atoms with Crippen molar-refractivity contribution < 1.29 is 0 Å². The molecular weight excluding hydrogens is 386 g/mol. The van der Waals surface area contributed by atoms with E-state index in [-0.39, 0.29) is 0 Å². The van der Waals surface area contributed by atoms with E-state index in [1.165, 1.54) is 76.7 Å². The highest BCUT2D eigenvalue weighted by molar-refractivity contribution is 6.25. The summed E-state index contributed by atoms with van der Waals surface area (Å²) in [5.41, 5.74) is 10.6. The molecule has 0 bridgehead atoms. The maximum Gasteiger partial charge on any atom is 0.0620 e. The van der Waals surface area contributed by atoms with Gasteiger partial charge in [-0.2, -0.15) is 0 Å². The van der Waals surface area contributed by atoms with Crippen molar-refractivity contribution in [3.05, 3.63) is 102 Å². The van der Waals surface area contributed by atoms with Crippen LogP contribution >= 0.6 is 0 Å². The average Bonchev–Trinajstić information content (AvgIpc) is 3.28. The molecule has 32 heavy (non-hydrogen) atoms. The van der Waals surface area contributed by atoms with Crippen LogP contribution in [0.5, 0.6) is 0 Å². The fourth-order valence-corrected chi connectivity index (χ4v) is 5.96. The van der Waals surface area contributed by atoms with Gasteiger partial charge in [-0.1, -0.05) is 60.2 Å². The molecule has 7 aromatic rings. The first kappa shape index (κ1) is 17.8. The van der Waals surface area contributed by atoms with E-state index in [1.807, 2.05) is 0 Å². The summed E-state index contributed by atoms with van der Waals surface area (Å²) in [6, 6.07) is 31.7. The maximum absolute atomic E-state index is 2.47. The summed E-state index contributed by atoms with van der Waals surface area (Å²) in [6.07, 6.45) is 0. The van der Waals surface area contributed by atoms with Gasteiger partial charge in [0, 0.05) is 21.5 Å². The summed E-state index contributed by atoms with van der Waals surface area (Å²) in [6.45, 7) is 6.66. The molecule has 0 amide bonds. The minimum Gasteiger partial charge on any atom is -0.308 e. The Morgan fingerprint density at radius 3 is 1.91 bits per heavy atom. The Labute approximate surface area is 186 Å². The van der Waals surface area contributed by atoms with E-state index < -0.39 is 0 Å². The van der Waals surface area contributed by atoms with Gasteiger partial charge < -0.3 is 4.40 Å². The maximum atomic E-state index is 2.47. The molecule has 2 aromatic heterocycles. The number of aromatic nitrogens is 1. The third-order valence-electron chi connectivity index (χ3n) is 7.13. The van der Waals surface area contributed by atoms with E-state index in [0.717, 1.165) is 0 Å². The lowest BCUT2D eigenvalue weighted by atomic mass is 9.91. The number of hydrogen-bond donors (Lipinski definition) is 0. The zero-order valence-corrected chi connectivity index (χ0v) is 18.5. The van der Waals surface area contributed by atoms with E-state index >= 15 is 0 Å². The van der Waals surface area contributed by atoms with E-state index in [4.69, 9.17) is 0 Å². The first-order chi connectivity index (χ1) is 15.6. The van der Waals surface area contributed by atoms with Crippen molar-refractivity contribution in [1.29, 1.82) is 0 Å². The highest BCUT2D eigenvalue weighted by atomic mass is 14.9. The lowest BCUT2D eigenvalue weighted by molar-refractivity contribution is 1.32. The molecule has 1 heteroatoms. The van der Waals surface area contributed by atoms with Gasteiger partial charge in [-0.3, -0.25) is 0 Å². The fourth-order valence-electron chi connectivity index (χ4n) is 5.96. The molecule has 2 heterocycles. The minimum absolute atomic E-state index is 1.28. The lowest BCUT2D eigenvalue weighted by Gasteiger charge is -2.12. The Bertz CT molecular complexity index is 1830. The second-order valence-electron chi connectivity index (χ2n) is 9.26. The molecule has 5 aromatic carbocycles. The Morgan fingerprint density at radius 2 is 1.16 bits per heavy atom. The van der Waals surface area contributed by atoms with Crippen molar-refractivity contribution in [2.75, 3.05) is 0 Å². The zero-order valence-electron chi connectivity index (χ0n) is 18.5. The largest absolute Gasteiger partial charge is 0.308 e. The Hall–Kier alpha value is -3.84. The standard InChI is InChI=1S/C31H23N/c1-18-12-19(2)30(20(3)13-18)23-15-26-24-10-6-7-11-28(24)32-29-17-22-9-5-4-8-21(22)14-25(29)27(16-23)31(26)32/h4-17H,1-3H3. The van der Waals surface area contributed by atoms with Gasteiger partial charge >= 0.3 is 0 Å². The van der Waals surface area contributed by atoms with Crippen LogP contribution in [0.1, 0.15) is 16.7 Å². The molecule has 0 aliphatic carbocycles. The molecule has 0 aliphatic heterocycles. The van der Waals surface area contributed by atoms with Gasteiger partial charge in [0.2, 0.25) is 0 Å². The van der Waals surface area contributed by atoms with Crippen LogP contribution in [0.15, 0.2) is 84.9 Å². The highest BCUT2D eigenvalue weighted by Gasteiger charge is 2.20.